The molecule has 0 aliphatic carbocycles. The fraction of sp³-hybridized carbons (Fsp3) is 0. The van der Waals surface area contributed by atoms with Crippen molar-refractivity contribution in [2.45, 2.75) is 0 Å². The highest BCUT2D eigenvalue weighted by Gasteiger charge is 2.22. The number of fused-ring (bicyclic) bond motifs is 13. The van der Waals surface area contributed by atoms with Gasteiger partial charge in [-0.2, -0.15) is 0 Å². The van der Waals surface area contributed by atoms with Gasteiger partial charge in [0.05, 0.1) is 22.1 Å². The highest BCUT2D eigenvalue weighted by Crippen LogP contribution is 2.42. The number of pyridine rings is 1. The standard InChI is InChI=1S/C41H25N3/c1-2-12-26(13-3-1)43-37-20-10-8-18-31(37)33-22-23-34-32-19-9-11-21-38(32)44(41(34)40(33)43)39-24-35-29-16-6-4-14-27(29)28-15-5-7-17-30(28)36(35)25-42-39/h1-25H. The molecule has 0 aliphatic rings. The average Bonchev–Trinajstić information content (AvgIpc) is 3.62. The second-order valence-electron chi connectivity index (χ2n) is 11.6. The van der Waals surface area contributed by atoms with Gasteiger partial charge in [0, 0.05) is 38.8 Å². The van der Waals surface area contributed by atoms with Gasteiger partial charge < -0.3 is 4.57 Å². The van der Waals surface area contributed by atoms with E-state index in [1.54, 1.807) is 0 Å². The first-order chi connectivity index (χ1) is 21.9. The van der Waals surface area contributed by atoms with E-state index in [1.807, 2.05) is 0 Å². The number of benzene rings is 7. The van der Waals surface area contributed by atoms with Crippen LogP contribution in [0.3, 0.4) is 0 Å². The molecule has 7 aromatic carbocycles. The van der Waals surface area contributed by atoms with Crippen molar-refractivity contribution < 1.29 is 0 Å². The third-order valence-electron chi connectivity index (χ3n) is 9.33. The van der Waals surface area contributed by atoms with Crippen molar-refractivity contribution in [3.8, 4) is 11.5 Å². The number of rotatable bonds is 2. The Morgan fingerprint density at radius 1 is 0.341 bits per heavy atom. The van der Waals surface area contributed by atoms with E-state index in [4.69, 9.17) is 4.98 Å². The van der Waals surface area contributed by atoms with Crippen LogP contribution in [0.4, 0.5) is 0 Å². The predicted octanol–water partition coefficient (Wildman–Crippen LogP) is 10.7. The van der Waals surface area contributed by atoms with E-state index in [0.717, 1.165) is 17.0 Å². The molecule has 0 atom stereocenters. The van der Waals surface area contributed by atoms with Crippen molar-refractivity contribution in [2.24, 2.45) is 0 Å². The first kappa shape index (κ1) is 23.6. The highest BCUT2D eigenvalue weighted by atomic mass is 15.1. The molecule has 0 bridgehead atoms. The number of hydrogen-bond donors (Lipinski definition) is 0. The van der Waals surface area contributed by atoms with E-state index in [1.165, 1.54) is 70.4 Å². The molecule has 0 N–H and O–H groups in total. The maximum absolute atomic E-state index is 5.22. The maximum Gasteiger partial charge on any atom is 0.138 e. The zero-order valence-electron chi connectivity index (χ0n) is 23.8. The molecule has 3 nitrogen and oxygen atoms in total. The van der Waals surface area contributed by atoms with E-state index >= 15 is 0 Å². The van der Waals surface area contributed by atoms with Gasteiger partial charge in [0.1, 0.15) is 5.82 Å². The Hall–Kier alpha value is -5.93. The number of aromatic nitrogens is 3. The lowest BCUT2D eigenvalue weighted by Gasteiger charge is -2.14. The molecule has 0 spiro atoms. The lowest BCUT2D eigenvalue weighted by atomic mass is 9.95. The van der Waals surface area contributed by atoms with Crippen LogP contribution in [0.5, 0.6) is 0 Å². The Bertz CT molecular complexity index is 2730. The Morgan fingerprint density at radius 2 is 0.795 bits per heavy atom. The van der Waals surface area contributed by atoms with Crippen LogP contribution in [-0.4, -0.2) is 14.1 Å². The molecule has 3 heterocycles. The van der Waals surface area contributed by atoms with Gasteiger partial charge in [-0.25, -0.2) is 4.98 Å². The van der Waals surface area contributed by atoms with Gasteiger partial charge >= 0.3 is 0 Å². The summed E-state index contributed by atoms with van der Waals surface area (Å²) in [6.45, 7) is 0. The first-order valence-electron chi connectivity index (χ1n) is 15.1. The van der Waals surface area contributed by atoms with Crippen LogP contribution < -0.4 is 0 Å². The minimum atomic E-state index is 0.918. The molecule has 0 amide bonds. The lowest BCUT2D eigenvalue weighted by Crippen LogP contribution is -2.00. The summed E-state index contributed by atoms with van der Waals surface area (Å²) in [5.41, 5.74) is 5.85. The zero-order chi connectivity index (χ0) is 28.8. The molecule has 44 heavy (non-hydrogen) atoms. The van der Waals surface area contributed by atoms with Gasteiger partial charge in [0.2, 0.25) is 0 Å². The van der Waals surface area contributed by atoms with E-state index in [2.05, 4.69) is 161 Å². The van der Waals surface area contributed by atoms with Crippen molar-refractivity contribution in [3.63, 3.8) is 0 Å². The predicted molar refractivity (Wildman–Crippen MR) is 185 cm³/mol. The number of nitrogens with zero attached hydrogens (tertiary/aromatic N) is 3. The molecule has 0 unspecified atom stereocenters. The second kappa shape index (κ2) is 8.79. The normalized spacial score (nSPS) is 12.1. The summed E-state index contributed by atoms with van der Waals surface area (Å²) in [7, 11) is 0. The summed E-state index contributed by atoms with van der Waals surface area (Å²) in [6, 6.07) is 52.5. The topological polar surface area (TPSA) is 22.8 Å². The minimum absolute atomic E-state index is 0.918. The van der Waals surface area contributed by atoms with Gasteiger partial charge in [0.25, 0.3) is 0 Å². The fourth-order valence-electron chi connectivity index (χ4n) is 7.49. The molecule has 0 radical (unpaired) electrons. The van der Waals surface area contributed by atoms with Crippen molar-refractivity contribution in [2.75, 3.05) is 0 Å². The molecule has 0 saturated heterocycles. The molecule has 0 aliphatic heterocycles. The summed E-state index contributed by atoms with van der Waals surface area (Å²) < 4.78 is 4.81. The Labute approximate surface area is 252 Å². The van der Waals surface area contributed by atoms with Gasteiger partial charge in [-0.15, -0.1) is 0 Å². The quantitative estimate of drug-likeness (QED) is 0.193. The van der Waals surface area contributed by atoms with Gasteiger partial charge in [-0.1, -0.05) is 115 Å². The molecule has 10 aromatic rings. The van der Waals surface area contributed by atoms with Crippen molar-refractivity contribution in [1.29, 1.82) is 0 Å². The SMILES string of the molecule is c1ccc(-n2c3ccccc3c3ccc4c5ccccc5n(-c5cc6c7ccccc7c7ccccc7c6cn5)c4c32)cc1. The van der Waals surface area contributed by atoms with Crippen molar-refractivity contribution in [1.82, 2.24) is 14.1 Å². The third kappa shape index (κ3) is 3.08. The van der Waals surface area contributed by atoms with Gasteiger partial charge in [-0.05, 0) is 57.3 Å². The summed E-state index contributed by atoms with van der Waals surface area (Å²) in [4.78, 5) is 5.22. The fourth-order valence-corrected chi connectivity index (χ4v) is 7.49. The lowest BCUT2D eigenvalue weighted by molar-refractivity contribution is 1.09. The monoisotopic (exact) mass is 559 g/mol. The Balaban J connectivity index is 1.42. The van der Waals surface area contributed by atoms with E-state index in [9.17, 15) is 0 Å². The minimum Gasteiger partial charge on any atom is -0.307 e. The summed E-state index contributed by atoms with van der Waals surface area (Å²) in [5.74, 6) is 0.918. The van der Waals surface area contributed by atoms with E-state index < -0.39 is 0 Å². The van der Waals surface area contributed by atoms with Crippen LogP contribution in [-0.2, 0) is 0 Å². The third-order valence-corrected chi connectivity index (χ3v) is 9.33. The van der Waals surface area contributed by atoms with E-state index in [-0.39, 0.29) is 0 Å². The summed E-state index contributed by atoms with van der Waals surface area (Å²) in [6.07, 6.45) is 2.08. The molecule has 10 rings (SSSR count). The van der Waals surface area contributed by atoms with Crippen LogP contribution in [0.1, 0.15) is 0 Å². The molecular formula is C41H25N3. The van der Waals surface area contributed by atoms with Crippen LogP contribution in [0, 0.1) is 0 Å². The van der Waals surface area contributed by atoms with Crippen LogP contribution in [0.2, 0.25) is 0 Å². The molecule has 204 valence electrons. The molecular weight excluding hydrogens is 534 g/mol. The first-order valence-corrected chi connectivity index (χ1v) is 15.1. The van der Waals surface area contributed by atoms with E-state index in [0.29, 0.717) is 0 Å². The maximum atomic E-state index is 5.22. The molecule has 0 fully saturated rings. The second-order valence-corrected chi connectivity index (χ2v) is 11.6. The van der Waals surface area contributed by atoms with Crippen LogP contribution in [0.15, 0.2) is 152 Å². The summed E-state index contributed by atoms with van der Waals surface area (Å²) >= 11 is 0. The number of hydrogen-bond acceptors (Lipinski definition) is 1. The van der Waals surface area contributed by atoms with Crippen molar-refractivity contribution in [3.05, 3.63) is 152 Å². The smallest absolute Gasteiger partial charge is 0.138 e. The average molecular weight is 560 g/mol. The van der Waals surface area contributed by atoms with Crippen LogP contribution in [0.25, 0.3) is 87.4 Å². The van der Waals surface area contributed by atoms with Crippen LogP contribution >= 0.6 is 0 Å². The largest absolute Gasteiger partial charge is 0.307 e. The Morgan fingerprint density at radius 3 is 1.41 bits per heavy atom. The molecule has 3 aromatic heterocycles. The Kier molecular flexibility index (Phi) is 4.72. The van der Waals surface area contributed by atoms with Gasteiger partial charge in [0.15, 0.2) is 0 Å². The van der Waals surface area contributed by atoms with Crippen molar-refractivity contribution >= 4 is 75.9 Å². The van der Waals surface area contributed by atoms with Gasteiger partial charge in [-0.3, -0.25) is 4.57 Å². The molecule has 3 heteroatoms. The molecule has 0 saturated carbocycles. The summed E-state index contributed by atoms with van der Waals surface area (Å²) in [5, 5.41) is 12.3. The number of para-hydroxylation sites is 3. The zero-order valence-corrected chi connectivity index (χ0v) is 23.8. The highest BCUT2D eigenvalue weighted by molar-refractivity contribution is 6.26.